The molecular formula is C15H17NO2. The monoisotopic (exact) mass is 243 g/mol. The van der Waals surface area contributed by atoms with Crippen molar-refractivity contribution in [3.63, 3.8) is 0 Å². The van der Waals surface area contributed by atoms with E-state index in [1.165, 1.54) is 12.5 Å². The summed E-state index contributed by atoms with van der Waals surface area (Å²) in [6, 6.07) is 9.89. The highest BCUT2D eigenvalue weighted by molar-refractivity contribution is 5.92. The van der Waals surface area contributed by atoms with Gasteiger partial charge in [0.15, 0.2) is 11.5 Å². The zero-order chi connectivity index (χ0) is 13.1. The lowest BCUT2D eigenvalue weighted by atomic mass is 9.97. The van der Waals surface area contributed by atoms with Gasteiger partial charge in [0.1, 0.15) is 5.69 Å². The average molecular weight is 243 g/mol. The molecule has 3 nitrogen and oxygen atoms in total. The quantitative estimate of drug-likeness (QED) is 0.760. The summed E-state index contributed by atoms with van der Waals surface area (Å²) in [5.41, 5.74) is 2.63. The Bertz CT molecular complexity index is 540. The van der Waals surface area contributed by atoms with E-state index in [0.717, 1.165) is 12.0 Å². The van der Waals surface area contributed by atoms with E-state index in [0.29, 0.717) is 17.4 Å². The SMILES string of the molecule is CCC(C)c1ccc(-c2cc(C(C)=O)no2)cc1. The van der Waals surface area contributed by atoms with Crippen LogP contribution in [0, 0.1) is 0 Å². The second-order valence-electron chi connectivity index (χ2n) is 4.56. The molecule has 3 heteroatoms. The third kappa shape index (κ3) is 2.50. The van der Waals surface area contributed by atoms with Crippen LogP contribution in [-0.2, 0) is 0 Å². The molecule has 0 aliphatic rings. The maximum Gasteiger partial charge on any atom is 0.181 e. The third-order valence-corrected chi connectivity index (χ3v) is 3.25. The fourth-order valence-electron chi connectivity index (χ4n) is 1.79. The van der Waals surface area contributed by atoms with Crippen LogP contribution in [0.2, 0.25) is 0 Å². The van der Waals surface area contributed by atoms with Gasteiger partial charge in [0, 0.05) is 18.6 Å². The molecule has 1 aromatic heterocycles. The molecule has 0 saturated carbocycles. The predicted molar refractivity (Wildman–Crippen MR) is 70.6 cm³/mol. The van der Waals surface area contributed by atoms with E-state index in [1.54, 1.807) is 6.07 Å². The lowest BCUT2D eigenvalue weighted by molar-refractivity contribution is 0.100. The highest BCUT2D eigenvalue weighted by Crippen LogP contribution is 2.24. The molecule has 0 N–H and O–H groups in total. The number of aromatic nitrogens is 1. The molecule has 1 heterocycles. The molecule has 0 aliphatic heterocycles. The second kappa shape index (κ2) is 5.17. The van der Waals surface area contributed by atoms with Crippen molar-refractivity contribution in [2.24, 2.45) is 0 Å². The predicted octanol–water partition coefficient (Wildman–Crippen LogP) is 4.06. The van der Waals surface area contributed by atoms with Crippen molar-refractivity contribution < 1.29 is 9.32 Å². The van der Waals surface area contributed by atoms with E-state index in [-0.39, 0.29) is 5.78 Å². The first kappa shape index (κ1) is 12.6. The van der Waals surface area contributed by atoms with Crippen molar-refractivity contribution in [2.75, 3.05) is 0 Å². The molecule has 94 valence electrons. The summed E-state index contributed by atoms with van der Waals surface area (Å²) in [6.07, 6.45) is 1.12. The van der Waals surface area contributed by atoms with Gasteiger partial charge in [0.05, 0.1) is 0 Å². The van der Waals surface area contributed by atoms with E-state index >= 15 is 0 Å². The van der Waals surface area contributed by atoms with Crippen LogP contribution >= 0.6 is 0 Å². The average Bonchev–Trinajstić information content (AvgIpc) is 2.88. The fourth-order valence-corrected chi connectivity index (χ4v) is 1.79. The molecule has 0 fully saturated rings. The molecule has 1 atom stereocenters. The number of hydrogen-bond acceptors (Lipinski definition) is 3. The number of carbonyl (C=O) groups is 1. The highest BCUT2D eigenvalue weighted by Gasteiger charge is 2.10. The van der Waals surface area contributed by atoms with Gasteiger partial charge in [-0.05, 0) is 17.9 Å². The molecule has 18 heavy (non-hydrogen) atoms. The molecule has 0 bridgehead atoms. The minimum absolute atomic E-state index is 0.0822. The van der Waals surface area contributed by atoms with Crippen molar-refractivity contribution in [3.05, 3.63) is 41.6 Å². The Morgan fingerprint density at radius 2 is 2.00 bits per heavy atom. The summed E-state index contributed by atoms with van der Waals surface area (Å²) in [4.78, 5) is 11.1. The Morgan fingerprint density at radius 1 is 1.33 bits per heavy atom. The van der Waals surface area contributed by atoms with Crippen LogP contribution in [-0.4, -0.2) is 10.9 Å². The van der Waals surface area contributed by atoms with E-state index < -0.39 is 0 Å². The smallest absolute Gasteiger partial charge is 0.181 e. The van der Waals surface area contributed by atoms with E-state index in [2.05, 4.69) is 31.1 Å². The number of Topliss-reactive ketones (excluding diaryl/α,β-unsaturated/α-hetero) is 1. The number of hydrogen-bond donors (Lipinski definition) is 0. The minimum Gasteiger partial charge on any atom is -0.356 e. The van der Waals surface area contributed by atoms with Gasteiger partial charge in [-0.3, -0.25) is 4.79 Å². The minimum atomic E-state index is -0.0822. The van der Waals surface area contributed by atoms with Crippen LogP contribution in [0.3, 0.4) is 0 Å². The Morgan fingerprint density at radius 3 is 2.50 bits per heavy atom. The Hall–Kier alpha value is -1.90. The van der Waals surface area contributed by atoms with Gasteiger partial charge in [-0.1, -0.05) is 43.3 Å². The number of benzene rings is 1. The first-order valence-corrected chi connectivity index (χ1v) is 6.19. The Kier molecular flexibility index (Phi) is 3.60. The van der Waals surface area contributed by atoms with Gasteiger partial charge >= 0.3 is 0 Å². The molecule has 0 radical (unpaired) electrons. The first-order chi connectivity index (χ1) is 8.61. The van der Waals surface area contributed by atoms with E-state index in [9.17, 15) is 4.79 Å². The molecule has 0 amide bonds. The van der Waals surface area contributed by atoms with Gasteiger partial charge in [-0.15, -0.1) is 0 Å². The van der Waals surface area contributed by atoms with E-state index in [1.807, 2.05) is 12.1 Å². The van der Waals surface area contributed by atoms with E-state index in [4.69, 9.17) is 4.52 Å². The number of nitrogens with zero attached hydrogens (tertiary/aromatic N) is 1. The van der Waals surface area contributed by atoms with Crippen molar-refractivity contribution in [2.45, 2.75) is 33.1 Å². The maximum atomic E-state index is 11.1. The van der Waals surface area contributed by atoms with Crippen molar-refractivity contribution in [1.29, 1.82) is 0 Å². The summed E-state index contributed by atoms with van der Waals surface area (Å²) in [5, 5.41) is 3.74. The summed E-state index contributed by atoms with van der Waals surface area (Å²) in [7, 11) is 0. The number of carbonyl (C=O) groups excluding carboxylic acids is 1. The molecule has 2 rings (SSSR count). The zero-order valence-electron chi connectivity index (χ0n) is 10.9. The topological polar surface area (TPSA) is 43.1 Å². The van der Waals surface area contributed by atoms with Crippen LogP contribution in [0.25, 0.3) is 11.3 Å². The Labute approximate surface area is 107 Å². The lowest BCUT2D eigenvalue weighted by Crippen LogP contribution is -1.90. The summed E-state index contributed by atoms with van der Waals surface area (Å²) in [6.45, 7) is 5.86. The van der Waals surface area contributed by atoms with Crippen LogP contribution < -0.4 is 0 Å². The highest BCUT2D eigenvalue weighted by atomic mass is 16.5. The summed E-state index contributed by atoms with van der Waals surface area (Å²) in [5.74, 6) is 1.11. The fraction of sp³-hybridized carbons (Fsp3) is 0.333. The van der Waals surface area contributed by atoms with Crippen LogP contribution in [0.1, 0.15) is 49.2 Å². The zero-order valence-corrected chi connectivity index (χ0v) is 10.9. The number of ketones is 1. The van der Waals surface area contributed by atoms with Crippen molar-refractivity contribution in [1.82, 2.24) is 5.16 Å². The van der Waals surface area contributed by atoms with Crippen LogP contribution in [0.15, 0.2) is 34.9 Å². The molecule has 1 unspecified atom stereocenters. The second-order valence-corrected chi connectivity index (χ2v) is 4.56. The van der Waals surface area contributed by atoms with Gasteiger partial charge in [0.2, 0.25) is 0 Å². The van der Waals surface area contributed by atoms with Gasteiger partial charge in [-0.25, -0.2) is 0 Å². The van der Waals surface area contributed by atoms with Crippen molar-refractivity contribution in [3.8, 4) is 11.3 Å². The summed E-state index contributed by atoms with van der Waals surface area (Å²) < 4.78 is 5.17. The molecule has 2 aromatic rings. The van der Waals surface area contributed by atoms with Gasteiger partial charge < -0.3 is 4.52 Å². The van der Waals surface area contributed by atoms with Crippen LogP contribution in [0.4, 0.5) is 0 Å². The standard InChI is InChI=1S/C15H17NO2/c1-4-10(2)12-5-7-13(8-6-12)15-9-14(11(3)17)16-18-15/h5-10H,4H2,1-3H3. The molecular weight excluding hydrogens is 226 g/mol. The van der Waals surface area contributed by atoms with Crippen LogP contribution in [0.5, 0.6) is 0 Å². The van der Waals surface area contributed by atoms with Gasteiger partial charge in [0.25, 0.3) is 0 Å². The Balaban J connectivity index is 2.25. The summed E-state index contributed by atoms with van der Waals surface area (Å²) >= 11 is 0. The van der Waals surface area contributed by atoms with Crippen molar-refractivity contribution >= 4 is 5.78 Å². The van der Waals surface area contributed by atoms with Gasteiger partial charge in [-0.2, -0.15) is 0 Å². The molecule has 1 aromatic carbocycles. The third-order valence-electron chi connectivity index (χ3n) is 3.25. The number of rotatable bonds is 4. The maximum absolute atomic E-state index is 11.1. The first-order valence-electron chi connectivity index (χ1n) is 6.19. The molecule has 0 aliphatic carbocycles. The molecule has 0 saturated heterocycles. The molecule has 0 spiro atoms. The lowest BCUT2D eigenvalue weighted by Gasteiger charge is -2.08. The normalized spacial score (nSPS) is 12.4. The largest absolute Gasteiger partial charge is 0.356 e.